The number of amides is 1. The zero-order valence-electron chi connectivity index (χ0n) is 9.25. The molecule has 92 valence electrons. The van der Waals surface area contributed by atoms with Gasteiger partial charge in [0.1, 0.15) is 0 Å². The number of nitrogens with two attached hydrogens (primary N) is 1. The molecule has 0 bridgehead atoms. The van der Waals surface area contributed by atoms with E-state index in [1.165, 1.54) is 6.08 Å². The SMILES string of the molecule is NCCCNC(=O)/C=C/c1ccc(Cl)cc1Cl. The molecule has 5 heteroatoms. The summed E-state index contributed by atoms with van der Waals surface area (Å²) in [6, 6.07) is 5.11. The fraction of sp³-hybridized carbons (Fsp3) is 0.250. The van der Waals surface area contributed by atoms with Crippen molar-refractivity contribution in [2.24, 2.45) is 5.73 Å². The second-order valence-corrected chi connectivity index (χ2v) is 4.28. The highest BCUT2D eigenvalue weighted by atomic mass is 35.5. The molecule has 0 spiro atoms. The molecular weight excluding hydrogens is 259 g/mol. The van der Waals surface area contributed by atoms with Gasteiger partial charge in [-0.1, -0.05) is 29.3 Å². The first-order valence-electron chi connectivity index (χ1n) is 5.24. The molecule has 1 aromatic carbocycles. The zero-order chi connectivity index (χ0) is 12.7. The smallest absolute Gasteiger partial charge is 0.244 e. The van der Waals surface area contributed by atoms with E-state index in [0.29, 0.717) is 23.1 Å². The lowest BCUT2D eigenvalue weighted by Crippen LogP contribution is -2.23. The summed E-state index contributed by atoms with van der Waals surface area (Å²) in [4.78, 5) is 11.4. The van der Waals surface area contributed by atoms with Crippen LogP contribution in [0.3, 0.4) is 0 Å². The maximum absolute atomic E-state index is 11.4. The maximum Gasteiger partial charge on any atom is 0.244 e. The van der Waals surface area contributed by atoms with Gasteiger partial charge in [-0.3, -0.25) is 4.79 Å². The van der Waals surface area contributed by atoms with Crippen LogP contribution < -0.4 is 11.1 Å². The largest absolute Gasteiger partial charge is 0.353 e. The molecule has 0 radical (unpaired) electrons. The quantitative estimate of drug-likeness (QED) is 0.639. The van der Waals surface area contributed by atoms with Gasteiger partial charge in [-0.25, -0.2) is 0 Å². The van der Waals surface area contributed by atoms with E-state index in [0.717, 1.165) is 12.0 Å². The van der Waals surface area contributed by atoms with Gasteiger partial charge in [-0.05, 0) is 36.7 Å². The van der Waals surface area contributed by atoms with E-state index in [1.54, 1.807) is 24.3 Å². The minimum absolute atomic E-state index is 0.163. The molecule has 0 saturated carbocycles. The number of carbonyl (C=O) groups is 1. The zero-order valence-corrected chi connectivity index (χ0v) is 10.8. The summed E-state index contributed by atoms with van der Waals surface area (Å²) in [5.74, 6) is -0.163. The average Bonchev–Trinajstić information content (AvgIpc) is 2.28. The van der Waals surface area contributed by atoms with Crippen molar-refractivity contribution < 1.29 is 4.79 Å². The van der Waals surface area contributed by atoms with Gasteiger partial charge in [-0.15, -0.1) is 0 Å². The van der Waals surface area contributed by atoms with Crippen molar-refractivity contribution in [3.05, 3.63) is 39.9 Å². The van der Waals surface area contributed by atoms with Gasteiger partial charge in [0.05, 0.1) is 0 Å². The van der Waals surface area contributed by atoms with Gasteiger partial charge < -0.3 is 11.1 Å². The maximum atomic E-state index is 11.4. The topological polar surface area (TPSA) is 55.1 Å². The molecule has 0 unspecified atom stereocenters. The molecule has 3 N–H and O–H groups in total. The highest BCUT2D eigenvalue weighted by Crippen LogP contribution is 2.21. The molecule has 1 amide bonds. The Labute approximate surface area is 111 Å². The van der Waals surface area contributed by atoms with Gasteiger partial charge in [0, 0.05) is 22.7 Å². The van der Waals surface area contributed by atoms with Crippen LogP contribution in [0, 0.1) is 0 Å². The predicted octanol–water partition coefficient (Wildman–Crippen LogP) is 2.47. The molecule has 0 saturated heterocycles. The van der Waals surface area contributed by atoms with Gasteiger partial charge in [-0.2, -0.15) is 0 Å². The van der Waals surface area contributed by atoms with Crippen molar-refractivity contribution in [3.63, 3.8) is 0 Å². The summed E-state index contributed by atoms with van der Waals surface area (Å²) in [5.41, 5.74) is 6.07. The summed E-state index contributed by atoms with van der Waals surface area (Å²) in [6.45, 7) is 1.14. The third kappa shape index (κ3) is 5.22. The van der Waals surface area contributed by atoms with E-state index in [4.69, 9.17) is 28.9 Å². The van der Waals surface area contributed by atoms with Crippen LogP contribution in [0.5, 0.6) is 0 Å². The first-order chi connectivity index (χ1) is 8.13. The van der Waals surface area contributed by atoms with E-state index in [-0.39, 0.29) is 5.91 Å². The molecule has 3 nitrogen and oxygen atoms in total. The Kier molecular flexibility index (Phi) is 6.05. The third-order valence-electron chi connectivity index (χ3n) is 2.06. The molecule has 0 heterocycles. The predicted molar refractivity (Wildman–Crippen MR) is 72.2 cm³/mol. The summed E-state index contributed by atoms with van der Waals surface area (Å²) < 4.78 is 0. The number of nitrogens with one attached hydrogen (secondary N) is 1. The number of halogens is 2. The van der Waals surface area contributed by atoms with Crippen LogP contribution in [0.25, 0.3) is 6.08 Å². The van der Waals surface area contributed by atoms with E-state index >= 15 is 0 Å². The van der Waals surface area contributed by atoms with Gasteiger partial charge in [0.25, 0.3) is 0 Å². The van der Waals surface area contributed by atoms with Crippen LogP contribution >= 0.6 is 23.2 Å². The Morgan fingerprint density at radius 3 is 2.82 bits per heavy atom. The van der Waals surface area contributed by atoms with Crippen LogP contribution in [0.4, 0.5) is 0 Å². The third-order valence-corrected chi connectivity index (χ3v) is 2.62. The summed E-state index contributed by atoms with van der Waals surface area (Å²) >= 11 is 11.7. The molecular formula is C12H14Cl2N2O. The highest BCUT2D eigenvalue weighted by molar-refractivity contribution is 6.35. The molecule has 0 atom stereocenters. The van der Waals surface area contributed by atoms with E-state index in [2.05, 4.69) is 5.32 Å². The second-order valence-electron chi connectivity index (χ2n) is 3.43. The highest BCUT2D eigenvalue weighted by Gasteiger charge is 1.99. The molecule has 0 aliphatic carbocycles. The Hall–Kier alpha value is -1.03. The molecule has 0 aromatic heterocycles. The monoisotopic (exact) mass is 272 g/mol. The Morgan fingerprint density at radius 2 is 2.18 bits per heavy atom. The number of rotatable bonds is 5. The normalized spacial score (nSPS) is 10.8. The lowest BCUT2D eigenvalue weighted by molar-refractivity contribution is -0.116. The van der Waals surface area contributed by atoms with E-state index in [1.807, 2.05) is 0 Å². The molecule has 0 aliphatic heterocycles. The van der Waals surface area contributed by atoms with Crippen molar-refractivity contribution in [2.45, 2.75) is 6.42 Å². The molecule has 0 fully saturated rings. The van der Waals surface area contributed by atoms with Gasteiger partial charge in [0.2, 0.25) is 5.91 Å². The number of benzene rings is 1. The van der Waals surface area contributed by atoms with Crippen molar-refractivity contribution in [2.75, 3.05) is 13.1 Å². The molecule has 0 aliphatic rings. The lowest BCUT2D eigenvalue weighted by Gasteiger charge is -2.00. The summed E-state index contributed by atoms with van der Waals surface area (Å²) in [7, 11) is 0. The average molecular weight is 273 g/mol. The fourth-order valence-corrected chi connectivity index (χ4v) is 1.65. The minimum Gasteiger partial charge on any atom is -0.353 e. The Morgan fingerprint density at radius 1 is 1.41 bits per heavy atom. The first-order valence-corrected chi connectivity index (χ1v) is 6.00. The van der Waals surface area contributed by atoms with Crippen molar-refractivity contribution in [3.8, 4) is 0 Å². The van der Waals surface area contributed by atoms with E-state index in [9.17, 15) is 4.79 Å². The van der Waals surface area contributed by atoms with Crippen molar-refractivity contribution in [1.29, 1.82) is 0 Å². The van der Waals surface area contributed by atoms with Crippen LogP contribution in [0.15, 0.2) is 24.3 Å². The summed E-state index contributed by atoms with van der Waals surface area (Å²) in [6.07, 6.45) is 3.85. The fourth-order valence-electron chi connectivity index (χ4n) is 1.17. The second kappa shape index (κ2) is 7.33. The van der Waals surface area contributed by atoms with Crippen LogP contribution in [0.2, 0.25) is 10.0 Å². The van der Waals surface area contributed by atoms with Crippen molar-refractivity contribution in [1.82, 2.24) is 5.32 Å². The number of carbonyl (C=O) groups excluding carboxylic acids is 1. The molecule has 17 heavy (non-hydrogen) atoms. The lowest BCUT2D eigenvalue weighted by atomic mass is 10.2. The van der Waals surface area contributed by atoms with Crippen LogP contribution in [0.1, 0.15) is 12.0 Å². The Balaban J connectivity index is 2.55. The summed E-state index contributed by atoms with van der Waals surface area (Å²) in [5, 5.41) is 3.80. The minimum atomic E-state index is -0.163. The first kappa shape index (κ1) is 14.0. The van der Waals surface area contributed by atoms with Crippen LogP contribution in [-0.2, 0) is 4.79 Å². The van der Waals surface area contributed by atoms with Gasteiger partial charge >= 0.3 is 0 Å². The molecule has 1 rings (SSSR count). The van der Waals surface area contributed by atoms with Gasteiger partial charge in [0.15, 0.2) is 0 Å². The molecule has 1 aromatic rings. The number of hydrogen-bond donors (Lipinski definition) is 2. The van der Waals surface area contributed by atoms with E-state index < -0.39 is 0 Å². The van der Waals surface area contributed by atoms with Crippen molar-refractivity contribution >= 4 is 35.2 Å². The Bertz CT molecular complexity index is 419. The number of hydrogen-bond acceptors (Lipinski definition) is 2. The standard InChI is InChI=1S/C12H14Cl2N2O/c13-10-4-2-9(11(14)8-10)3-5-12(17)16-7-1-6-15/h2-5,8H,1,6-7,15H2,(H,16,17)/b5-3+. The van der Waals surface area contributed by atoms with Crippen LogP contribution in [-0.4, -0.2) is 19.0 Å².